The lowest BCUT2D eigenvalue weighted by molar-refractivity contribution is -0.126. The van der Waals surface area contributed by atoms with E-state index in [9.17, 15) is 4.79 Å². The number of amides is 1. The molecular weight excluding hydrogens is 224 g/mol. The minimum absolute atomic E-state index is 0. The van der Waals surface area contributed by atoms with Gasteiger partial charge in [-0.15, -0.1) is 12.4 Å². The molecule has 0 saturated carbocycles. The first-order chi connectivity index (χ1) is 7.06. The summed E-state index contributed by atoms with van der Waals surface area (Å²) in [5.74, 6) is 0.923. The quantitative estimate of drug-likeness (QED) is 0.799. The highest BCUT2D eigenvalue weighted by Gasteiger charge is 2.34. The van der Waals surface area contributed by atoms with Crippen molar-refractivity contribution in [1.29, 1.82) is 0 Å². The fourth-order valence-corrected chi connectivity index (χ4v) is 2.17. The van der Waals surface area contributed by atoms with Gasteiger partial charge in [-0.05, 0) is 32.2 Å². The van der Waals surface area contributed by atoms with E-state index < -0.39 is 0 Å². The SMILES string of the molecule is CCC(C)NC(=O)C1CCNC1C(C)C.Cl. The van der Waals surface area contributed by atoms with E-state index in [2.05, 4.69) is 38.3 Å². The molecule has 0 aromatic rings. The zero-order chi connectivity index (χ0) is 11.4. The van der Waals surface area contributed by atoms with Gasteiger partial charge in [-0.2, -0.15) is 0 Å². The normalized spacial score (nSPS) is 26.3. The standard InChI is InChI=1S/C12H24N2O.ClH/c1-5-9(4)14-12(15)10-6-7-13-11(10)8(2)3;/h8-11,13H,5-7H2,1-4H3,(H,14,15);1H. The van der Waals surface area contributed by atoms with Crippen molar-refractivity contribution in [2.45, 2.75) is 52.6 Å². The molecule has 96 valence electrons. The van der Waals surface area contributed by atoms with E-state index in [0.717, 1.165) is 19.4 Å². The molecule has 4 heteroatoms. The molecule has 1 fully saturated rings. The molecule has 3 atom stereocenters. The summed E-state index contributed by atoms with van der Waals surface area (Å²) >= 11 is 0. The molecule has 0 spiro atoms. The Bertz CT molecular complexity index is 221. The Morgan fingerprint density at radius 2 is 2.06 bits per heavy atom. The first-order valence-electron chi connectivity index (χ1n) is 6.10. The van der Waals surface area contributed by atoms with Crippen molar-refractivity contribution >= 4 is 18.3 Å². The van der Waals surface area contributed by atoms with Crippen LogP contribution >= 0.6 is 12.4 Å². The topological polar surface area (TPSA) is 41.1 Å². The van der Waals surface area contributed by atoms with Gasteiger partial charge in [0.15, 0.2) is 0 Å². The third-order valence-electron chi connectivity index (χ3n) is 3.32. The average molecular weight is 249 g/mol. The Kier molecular flexibility index (Phi) is 7.00. The van der Waals surface area contributed by atoms with Crippen LogP contribution in [0, 0.1) is 11.8 Å². The van der Waals surface area contributed by atoms with E-state index >= 15 is 0 Å². The second-order valence-corrected chi connectivity index (χ2v) is 4.94. The maximum absolute atomic E-state index is 12.0. The lowest BCUT2D eigenvalue weighted by Crippen LogP contribution is -2.43. The Labute approximate surface area is 105 Å². The predicted octanol–water partition coefficient (Wildman–Crippen LogP) is 1.96. The van der Waals surface area contributed by atoms with Gasteiger partial charge in [0.25, 0.3) is 0 Å². The molecule has 1 heterocycles. The number of rotatable bonds is 4. The third kappa shape index (κ3) is 3.95. The van der Waals surface area contributed by atoms with Crippen LogP contribution in [0.3, 0.4) is 0 Å². The summed E-state index contributed by atoms with van der Waals surface area (Å²) in [6, 6.07) is 0.653. The van der Waals surface area contributed by atoms with Crippen LogP contribution in [0.2, 0.25) is 0 Å². The lowest BCUT2D eigenvalue weighted by Gasteiger charge is -2.23. The molecule has 0 aromatic heterocycles. The van der Waals surface area contributed by atoms with Gasteiger partial charge < -0.3 is 10.6 Å². The minimum atomic E-state index is 0. The highest BCUT2D eigenvalue weighted by molar-refractivity contribution is 5.85. The van der Waals surface area contributed by atoms with Crippen LogP contribution in [-0.4, -0.2) is 24.5 Å². The Balaban J connectivity index is 0.00000225. The Hall–Kier alpha value is -0.280. The van der Waals surface area contributed by atoms with Crippen molar-refractivity contribution in [2.24, 2.45) is 11.8 Å². The Morgan fingerprint density at radius 1 is 1.44 bits per heavy atom. The fraction of sp³-hybridized carbons (Fsp3) is 0.917. The molecule has 1 aliphatic heterocycles. The zero-order valence-corrected chi connectivity index (χ0v) is 11.6. The molecule has 1 rings (SSSR count). The number of carbonyl (C=O) groups excluding carboxylic acids is 1. The number of carbonyl (C=O) groups is 1. The van der Waals surface area contributed by atoms with Gasteiger partial charge in [0.05, 0.1) is 5.92 Å². The first-order valence-corrected chi connectivity index (χ1v) is 6.10. The Morgan fingerprint density at radius 3 is 2.56 bits per heavy atom. The van der Waals surface area contributed by atoms with E-state index in [1.54, 1.807) is 0 Å². The van der Waals surface area contributed by atoms with Crippen LogP contribution in [0.4, 0.5) is 0 Å². The molecule has 0 aliphatic carbocycles. The van der Waals surface area contributed by atoms with Crippen molar-refractivity contribution in [3.05, 3.63) is 0 Å². The summed E-state index contributed by atoms with van der Waals surface area (Å²) in [4.78, 5) is 12.0. The van der Waals surface area contributed by atoms with Crippen LogP contribution in [0.25, 0.3) is 0 Å². The van der Waals surface area contributed by atoms with Gasteiger partial charge in [-0.1, -0.05) is 20.8 Å². The summed E-state index contributed by atoms with van der Waals surface area (Å²) in [6.07, 6.45) is 1.98. The summed E-state index contributed by atoms with van der Waals surface area (Å²) in [5.41, 5.74) is 0. The summed E-state index contributed by atoms with van der Waals surface area (Å²) in [6.45, 7) is 9.48. The monoisotopic (exact) mass is 248 g/mol. The maximum Gasteiger partial charge on any atom is 0.224 e. The maximum atomic E-state index is 12.0. The van der Waals surface area contributed by atoms with Gasteiger partial charge in [0.2, 0.25) is 5.91 Å². The highest BCUT2D eigenvalue weighted by atomic mass is 35.5. The molecule has 0 radical (unpaired) electrons. The molecule has 2 N–H and O–H groups in total. The van der Waals surface area contributed by atoms with Crippen molar-refractivity contribution in [3.63, 3.8) is 0 Å². The van der Waals surface area contributed by atoms with E-state index in [4.69, 9.17) is 0 Å². The van der Waals surface area contributed by atoms with Crippen LogP contribution in [0.1, 0.15) is 40.5 Å². The summed E-state index contributed by atoms with van der Waals surface area (Å²) in [5, 5.41) is 6.49. The molecule has 1 saturated heterocycles. The summed E-state index contributed by atoms with van der Waals surface area (Å²) in [7, 11) is 0. The van der Waals surface area contributed by atoms with Gasteiger partial charge >= 0.3 is 0 Å². The molecule has 3 nitrogen and oxygen atoms in total. The predicted molar refractivity (Wildman–Crippen MR) is 69.9 cm³/mol. The number of hydrogen-bond acceptors (Lipinski definition) is 2. The molecular formula is C12H25ClN2O. The van der Waals surface area contributed by atoms with Crippen LogP contribution in [-0.2, 0) is 4.79 Å². The van der Waals surface area contributed by atoms with Crippen LogP contribution in [0.5, 0.6) is 0 Å². The van der Waals surface area contributed by atoms with Gasteiger partial charge in [0.1, 0.15) is 0 Å². The zero-order valence-electron chi connectivity index (χ0n) is 10.7. The van der Waals surface area contributed by atoms with E-state index in [1.807, 2.05) is 0 Å². The molecule has 1 amide bonds. The van der Waals surface area contributed by atoms with E-state index in [0.29, 0.717) is 18.0 Å². The van der Waals surface area contributed by atoms with E-state index in [1.165, 1.54) is 0 Å². The fourth-order valence-electron chi connectivity index (χ4n) is 2.17. The highest BCUT2D eigenvalue weighted by Crippen LogP contribution is 2.22. The summed E-state index contributed by atoms with van der Waals surface area (Å²) < 4.78 is 0. The van der Waals surface area contributed by atoms with Crippen LogP contribution in [0.15, 0.2) is 0 Å². The van der Waals surface area contributed by atoms with Crippen LogP contribution < -0.4 is 10.6 Å². The molecule has 3 unspecified atom stereocenters. The largest absolute Gasteiger partial charge is 0.353 e. The minimum Gasteiger partial charge on any atom is -0.353 e. The van der Waals surface area contributed by atoms with Gasteiger partial charge in [-0.25, -0.2) is 0 Å². The molecule has 0 aromatic carbocycles. The molecule has 1 aliphatic rings. The van der Waals surface area contributed by atoms with Gasteiger partial charge in [-0.3, -0.25) is 4.79 Å². The number of nitrogens with one attached hydrogen (secondary N) is 2. The van der Waals surface area contributed by atoms with Crippen molar-refractivity contribution in [2.75, 3.05) is 6.54 Å². The van der Waals surface area contributed by atoms with Crippen molar-refractivity contribution in [1.82, 2.24) is 10.6 Å². The molecule has 0 bridgehead atoms. The first kappa shape index (κ1) is 15.7. The van der Waals surface area contributed by atoms with E-state index in [-0.39, 0.29) is 24.2 Å². The lowest BCUT2D eigenvalue weighted by atomic mass is 9.91. The second kappa shape index (κ2) is 7.13. The smallest absolute Gasteiger partial charge is 0.224 e. The molecule has 16 heavy (non-hydrogen) atoms. The van der Waals surface area contributed by atoms with Crippen molar-refractivity contribution in [3.8, 4) is 0 Å². The number of halogens is 1. The van der Waals surface area contributed by atoms with Gasteiger partial charge in [0, 0.05) is 12.1 Å². The average Bonchev–Trinajstić information content (AvgIpc) is 2.65. The second-order valence-electron chi connectivity index (χ2n) is 4.94. The van der Waals surface area contributed by atoms with Crippen molar-refractivity contribution < 1.29 is 4.79 Å². The number of hydrogen-bond donors (Lipinski definition) is 2. The third-order valence-corrected chi connectivity index (χ3v) is 3.32.